The summed E-state index contributed by atoms with van der Waals surface area (Å²) in [5.74, 6) is -0.725. The van der Waals surface area contributed by atoms with Crippen LogP contribution in [-0.4, -0.2) is 50.7 Å². The molecular weight excluding hydrogens is 354 g/mol. The van der Waals surface area contributed by atoms with Crippen LogP contribution < -0.4 is 10.6 Å². The van der Waals surface area contributed by atoms with Crippen LogP contribution in [0.1, 0.15) is 49.4 Å². The van der Waals surface area contributed by atoms with Crippen molar-refractivity contribution >= 4 is 21.8 Å². The second kappa shape index (κ2) is 8.64. The van der Waals surface area contributed by atoms with E-state index in [-0.39, 0.29) is 16.8 Å². The minimum atomic E-state index is -3.58. The predicted molar refractivity (Wildman–Crippen MR) is 99.3 cm³/mol. The van der Waals surface area contributed by atoms with E-state index in [1.54, 1.807) is 14.0 Å². The number of carbonyl (C=O) groups excluding carboxylic acids is 2. The van der Waals surface area contributed by atoms with Gasteiger partial charge in [-0.15, -0.1) is 0 Å². The van der Waals surface area contributed by atoms with E-state index in [0.29, 0.717) is 5.56 Å². The molecule has 8 heteroatoms. The Labute approximate surface area is 155 Å². The lowest BCUT2D eigenvalue weighted by Gasteiger charge is -2.30. The molecule has 1 aliphatic rings. The number of nitrogens with zero attached hydrogens (tertiary/aromatic N) is 1. The molecule has 1 aromatic rings. The molecule has 0 saturated heterocycles. The van der Waals surface area contributed by atoms with Crippen LogP contribution in [0.15, 0.2) is 29.2 Å². The van der Waals surface area contributed by atoms with Crippen LogP contribution in [0, 0.1) is 0 Å². The van der Waals surface area contributed by atoms with Crippen molar-refractivity contribution in [3.63, 3.8) is 0 Å². The summed E-state index contributed by atoms with van der Waals surface area (Å²) in [6.45, 7) is 1.58. The maximum atomic E-state index is 12.8. The summed E-state index contributed by atoms with van der Waals surface area (Å²) in [5.41, 5.74) is 0.306. The van der Waals surface area contributed by atoms with Gasteiger partial charge in [-0.3, -0.25) is 9.59 Å². The van der Waals surface area contributed by atoms with E-state index in [1.807, 2.05) is 0 Å². The number of rotatable bonds is 6. The number of benzene rings is 1. The molecule has 1 saturated carbocycles. The summed E-state index contributed by atoms with van der Waals surface area (Å²) in [5, 5.41) is 5.02. The average molecular weight is 381 g/mol. The molecule has 0 spiro atoms. The van der Waals surface area contributed by atoms with E-state index < -0.39 is 22.0 Å². The zero-order valence-electron chi connectivity index (χ0n) is 15.5. The first kappa shape index (κ1) is 20.4. The average Bonchev–Trinajstić information content (AvgIpc) is 2.67. The zero-order valence-corrected chi connectivity index (χ0v) is 16.3. The molecule has 1 fully saturated rings. The van der Waals surface area contributed by atoms with Gasteiger partial charge in [0.2, 0.25) is 15.9 Å². The molecular formula is C18H27N3O4S. The minimum Gasteiger partial charge on any atom is -0.357 e. The molecule has 0 aromatic heterocycles. The molecule has 2 N–H and O–H groups in total. The normalized spacial score (nSPS) is 16.9. The van der Waals surface area contributed by atoms with Crippen LogP contribution >= 0.6 is 0 Å². The van der Waals surface area contributed by atoms with Crippen LogP contribution in [0.5, 0.6) is 0 Å². The first-order valence-electron chi connectivity index (χ1n) is 8.88. The molecule has 1 atom stereocenters. The molecule has 2 rings (SSSR count). The molecule has 0 aliphatic heterocycles. The van der Waals surface area contributed by atoms with E-state index in [4.69, 9.17) is 0 Å². The molecule has 1 aromatic carbocycles. The lowest BCUT2D eigenvalue weighted by atomic mass is 9.96. The molecule has 7 nitrogen and oxygen atoms in total. The highest BCUT2D eigenvalue weighted by Gasteiger charge is 2.29. The highest BCUT2D eigenvalue weighted by molar-refractivity contribution is 7.89. The number of nitrogens with one attached hydrogen (secondary N) is 2. The van der Waals surface area contributed by atoms with E-state index in [1.165, 1.54) is 35.6 Å². The van der Waals surface area contributed by atoms with Crippen molar-refractivity contribution in [2.24, 2.45) is 0 Å². The van der Waals surface area contributed by atoms with Gasteiger partial charge in [-0.1, -0.05) is 19.3 Å². The van der Waals surface area contributed by atoms with Crippen LogP contribution in [0.3, 0.4) is 0 Å². The Morgan fingerprint density at radius 2 is 1.69 bits per heavy atom. The van der Waals surface area contributed by atoms with Gasteiger partial charge in [0, 0.05) is 25.7 Å². The molecule has 2 amide bonds. The molecule has 0 radical (unpaired) electrons. The van der Waals surface area contributed by atoms with Crippen molar-refractivity contribution in [2.75, 3.05) is 14.1 Å². The Morgan fingerprint density at radius 1 is 1.12 bits per heavy atom. The maximum absolute atomic E-state index is 12.8. The minimum absolute atomic E-state index is 0.0325. The van der Waals surface area contributed by atoms with Gasteiger partial charge in [-0.25, -0.2) is 8.42 Å². The first-order chi connectivity index (χ1) is 12.3. The van der Waals surface area contributed by atoms with Crippen LogP contribution in [0.4, 0.5) is 0 Å². The number of sulfonamides is 1. The third-order valence-electron chi connectivity index (χ3n) is 4.87. The summed E-state index contributed by atoms with van der Waals surface area (Å²) in [7, 11) is -0.468. The molecule has 0 bridgehead atoms. The lowest BCUT2D eigenvalue weighted by Crippen LogP contribution is -2.43. The SMILES string of the molecule is CNC(=O)[C@@H](C)NC(=O)c1ccc(S(=O)(=O)N(C)C2CCCCC2)cc1. The van der Waals surface area contributed by atoms with Gasteiger partial charge in [0.05, 0.1) is 4.90 Å². The van der Waals surface area contributed by atoms with Gasteiger partial charge in [0.15, 0.2) is 0 Å². The van der Waals surface area contributed by atoms with Crippen molar-refractivity contribution in [2.45, 2.75) is 56.0 Å². The number of hydrogen-bond donors (Lipinski definition) is 2. The van der Waals surface area contributed by atoms with Crippen LogP contribution in [0.25, 0.3) is 0 Å². The number of carbonyl (C=O) groups is 2. The number of likely N-dealkylation sites (N-methyl/N-ethyl adjacent to an activating group) is 1. The smallest absolute Gasteiger partial charge is 0.251 e. The van der Waals surface area contributed by atoms with Crippen molar-refractivity contribution in [3.05, 3.63) is 29.8 Å². The molecule has 144 valence electrons. The third-order valence-corrected chi connectivity index (χ3v) is 6.79. The summed E-state index contributed by atoms with van der Waals surface area (Å²) in [6, 6.07) is 5.17. The van der Waals surface area contributed by atoms with Crippen molar-refractivity contribution in [1.29, 1.82) is 0 Å². The Morgan fingerprint density at radius 3 is 2.23 bits per heavy atom. The molecule has 0 heterocycles. The summed E-state index contributed by atoms with van der Waals surface area (Å²) < 4.78 is 27.0. The second-order valence-electron chi connectivity index (χ2n) is 6.65. The first-order valence-corrected chi connectivity index (χ1v) is 10.3. The van der Waals surface area contributed by atoms with Crippen molar-refractivity contribution in [1.82, 2.24) is 14.9 Å². The molecule has 26 heavy (non-hydrogen) atoms. The number of amides is 2. The third kappa shape index (κ3) is 4.62. The fourth-order valence-electron chi connectivity index (χ4n) is 3.15. The standard InChI is InChI=1S/C18H27N3O4S/c1-13(17(22)19-2)20-18(23)14-9-11-16(12-10-14)26(24,25)21(3)15-7-5-4-6-8-15/h9-13,15H,4-8H2,1-3H3,(H,19,22)(H,20,23)/t13-/m1/s1. The monoisotopic (exact) mass is 381 g/mol. The van der Waals surface area contributed by atoms with Crippen LogP contribution in [-0.2, 0) is 14.8 Å². The zero-order chi connectivity index (χ0) is 19.3. The Kier molecular flexibility index (Phi) is 6.77. The Bertz CT molecular complexity index is 740. The Hall–Kier alpha value is -1.93. The predicted octanol–water partition coefficient (Wildman–Crippen LogP) is 1.50. The number of hydrogen-bond acceptors (Lipinski definition) is 4. The van der Waals surface area contributed by atoms with Gasteiger partial charge < -0.3 is 10.6 Å². The summed E-state index contributed by atoms with van der Waals surface area (Å²) in [6.07, 6.45) is 5.02. The van der Waals surface area contributed by atoms with Gasteiger partial charge in [-0.2, -0.15) is 4.31 Å². The van der Waals surface area contributed by atoms with Crippen molar-refractivity contribution < 1.29 is 18.0 Å². The second-order valence-corrected chi connectivity index (χ2v) is 8.64. The quantitative estimate of drug-likeness (QED) is 0.781. The fourth-order valence-corrected chi connectivity index (χ4v) is 4.56. The van der Waals surface area contributed by atoms with Gasteiger partial charge in [-0.05, 0) is 44.0 Å². The Balaban J connectivity index is 2.10. The molecule has 1 aliphatic carbocycles. The topological polar surface area (TPSA) is 95.6 Å². The van der Waals surface area contributed by atoms with E-state index >= 15 is 0 Å². The summed E-state index contributed by atoms with van der Waals surface area (Å²) in [4.78, 5) is 23.8. The molecule has 0 unspecified atom stereocenters. The maximum Gasteiger partial charge on any atom is 0.251 e. The van der Waals surface area contributed by atoms with E-state index in [0.717, 1.165) is 32.1 Å². The highest BCUT2D eigenvalue weighted by Crippen LogP contribution is 2.26. The van der Waals surface area contributed by atoms with Crippen molar-refractivity contribution in [3.8, 4) is 0 Å². The van der Waals surface area contributed by atoms with Gasteiger partial charge >= 0.3 is 0 Å². The van der Waals surface area contributed by atoms with E-state index in [9.17, 15) is 18.0 Å². The van der Waals surface area contributed by atoms with Gasteiger partial charge in [0.25, 0.3) is 5.91 Å². The van der Waals surface area contributed by atoms with Crippen LogP contribution in [0.2, 0.25) is 0 Å². The largest absolute Gasteiger partial charge is 0.357 e. The highest BCUT2D eigenvalue weighted by atomic mass is 32.2. The summed E-state index contributed by atoms with van der Waals surface area (Å²) >= 11 is 0. The van der Waals surface area contributed by atoms with Gasteiger partial charge in [0.1, 0.15) is 6.04 Å². The fraction of sp³-hybridized carbons (Fsp3) is 0.556. The van der Waals surface area contributed by atoms with E-state index in [2.05, 4.69) is 10.6 Å². The lowest BCUT2D eigenvalue weighted by molar-refractivity contribution is -0.122.